The number of nitrogens with zero attached hydrogens (tertiary/aromatic N) is 3. The smallest absolute Gasteiger partial charge is 0.374 e. The van der Waals surface area contributed by atoms with Gasteiger partial charge >= 0.3 is 5.97 Å². The molecule has 0 saturated carbocycles. The van der Waals surface area contributed by atoms with E-state index in [1.54, 1.807) is 6.20 Å². The summed E-state index contributed by atoms with van der Waals surface area (Å²) in [6.45, 7) is 4.13. The van der Waals surface area contributed by atoms with Gasteiger partial charge in [-0.1, -0.05) is 18.2 Å². The molecule has 3 aromatic rings. The number of carboxylic acid groups (broad SMARTS) is 1. The fraction of sp³-hybridized carbons (Fsp3) is 0.263. The van der Waals surface area contributed by atoms with Crippen LogP contribution in [-0.4, -0.2) is 47.1 Å². The van der Waals surface area contributed by atoms with Gasteiger partial charge in [0.15, 0.2) is 0 Å². The van der Waals surface area contributed by atoms with Crippen molar-refractivity contribution in [3.05, 3.63) is 60.1 Å². The SMILES string of the molecule is O=C(O)c1oc2ccccc2c1N1CCN(Cc2cccnc2)CC1. The van der Waals surface area contributed by atoms with Crippen molar-refractivity contribution in [2.45, 2.75) is 6.54 Å². The van der Waals surface area contributed by atoms with Gasteiger partial charge in [0.1, 0.15) is 5.58 Å². The number of hydrogen-bond donors (Lipinski definition) is 1. The van der Waals surface area contributed by atoms with E-state index < -0.39 is 5.97 Å². The van der Waals surface area contributed by atoms with Gasteiger partial charge in [-0.05, 0) is 23.8 Å². The van der Waals surface area contributed by atoms with Crippen LogP contribution in [0.1, 0.15) is 16.1 Å². The van der Waals surface area contributed by atoms with E-state index in [0.29, 0.717) is 11.3 Å². The first-order chi connectivity index (χ1) is 12.2. The molecule has 1 aliphatic rings. The second-order valence-corrected chi connectivity index (χ2v) is 6.21. The van der Waals surface area contributed by atoms with Crippen molar-refractivity contribution in [1.29, 1.82) is 0 Å². The summed E-state index contributed by atoms with van der Waals surface area (Å²) in [5, 5.41) is 10.4. The number of carboxylic acids is 1. The summed E-state index contributed by atoms with van der Waals surface area (Å²) in [6, 6.07) is 11.5. The quantitative estimate of drug-likeness (QED) is 0.789. The third kappa shape index (κ3) is 3.08. The number of pyridine rings is 1. The standard InChI is InChI=1S/C19H19N3O3/c23-19(24)18-17(15-5-1-2-6-16(15)25-18)22-10-8-21(9-11-22)13-14-4-3-7-20-12-14/h1-7,12H,8-11,13H2,(H,23,24). The predicted octanol–water partition coefficient (Wildman–Crippen LogP) is 2.85. The molecule has 1 aromatic carbocycles. The van der Waals surface area contributed by atoms with Crippen LogP contribution in [0.15, 0.2) is 53.2 Å². The molecule has 0 bridgehead atoms. The Balaban J connectivity index is 1.54. The van der Waals surface area contributed by atoms with Crippen LogP contribution in [0.3, 0.4) is 0 Å². The molecule has 0 unspecified atom stereocenters. The van der Waals surface area contributed by atoms with Gasteiger partial charge in [-0.15, -0.1) is 0 Å². The Morgan fingerprint density at radius 3 is 2.64 bits per heavy atom. The molecule has 0 spiro atoms. The second kappa shape index (κ2) is 6.57. The van der Waals surface area contributed by atoms with E-state index >= 15 is 0 Å². The molecule has 1 fully saturated rings. The van der Waals surface area contributed by atoms with Crippen molar-refractivity contribution in [3.63, 3.8) is 0 Å². The Kier molecular flexibility index (Phi) is 4.11. The number of piperazine rings is 1. The summed E-state index contributed by atoms with van der Waals surface area (Å²) < 4.78 is 5.57. The topological polar surface area (TPSA) is 69.8 Å². The molecule has 0 atom stereocenters. The number of rotatable bonds is 4. The van der Waals surface area contributed by atoms with Gasteiger partial charge in [-0.2, -0.15) is 0 Å². The number of anilines is 1. The van der Waals surface area contributed by atoms with Crippen molar-refractivity contribution in [3.8, 4) is 0 Å². The first kappa shape index (κ1) is 15.7. The average molecular weight is 337 g/mol. The molecule has 25 heavy (non-hydrogen) atoms. The molecular formula is C19H19N3O3. The molecule has 0 radical (unpaired) electrons. The maximum Gasteiger partial charge on any atom is 0.374 e. The molecule has 1 N–H and O–H groups in total. The Bertz CT molecular complexity index is 883. The molecule has 3 heterocycles. The summed E-state index contributed by atoms with van der Waals surface area (Å²) in [6.07, 6.45) is 3.66. The van der Waals surface area contributed by atoms with Crippen molar-refractivity contribution >= 4 is 22.6 Å². The highest BCUT2D eigenvalue weighted by atomic mass is 16.4. The minimum absolute atomic E-state index is 0.0295. The summed E-state index contributed by atoms with van der Waals surface area (Å²) in [5.74, 6) is -0.995. The Labute approximate surface area is 145 Å². The van der Waals surface area contributed by atoms with Crippen LogP contribution in [0.25, 0.3) is 11.0 Å². The monoisotopic (exact) mass is 337 g/mol. The van der Waals surface area contributed by atoms with Crippen molar-refractivity contribution in [1.82, 2.24) is 9.88 Å². The number of aromatic nitrogens is 1. The summed E-state index contributed by atoms with van der Waals surface area (Å²) >= 11 is 0. The summed E-state index contributed by atoms with van der Waals surface area (Å²) in [7, 11) is 0. The lowest BCUT2D eigenvalue weighted by molar-refractivity contribution is 0.0665. The average Bonchev–Trinajstić information content (AvgIpc) is 3.03. The zero-order valence-corrected chi connectivity index (χ0v) is 13.8. The number of hydrogen-bond acceptors (Lipinski definition) is 5. The molecule has 1 saturated heterocycles. The molecule has 1 aliphatic heterocycles. The Morgan fingerprint density at radius 1 is 1.12 bits per heavy atom. The lowest BCUT2D eigenvalue weighted by Gasteiger charge is -2.35. The Morgan fingerprint density at radius 2 is 1.92 bits per heavy atom. The van der Waals surface area contributed by atoms with E-state index in [4.69, 9.17) is 4.42 Å². The zero-order valence-electron chi connectivity index (χ0n) is 13.8. The zero-order chi connectivity index (χ0) is 17.2. The molecule has 6 nitrogen and oxygen atoms in total. The van der Waals surface area contributed by atoms with Gasteiger partial charge in [0.2, 0.25) is 5.76 Å². The number of aromatic carboxylic acids is 1. The maximum absolute atomic E-state index is 11.6. The van der Waals surface area contributed by atoms with Crippen LogP contribution < -0.4 is 4.90 Å². The number of para-hydroxylation sites is 1. The highest BCUT2D eigenvalue weighted by Gasteiger charge is 2.27. The van der Waals surface area contributed by atoms with Crippen LogP contribution in [0.5, 0.6) is 0 Å². The predicted molar refractivity (Wildman–Crippen MR) is 94.9 cm³/mol. The number of fused-ring (bicyclic) bond motifs is 1. The highest BCUT2D eigenvalue weighted by Crippen LogP contribution is 2.34. The van der Waals surface area contributed by atoms with Crippen LogP contribution >= 0.6 is 0 Å². The third-order valence-electron chi connectivity index (χ3n) is 4.58. The van der Waals surface area contributed by atoms with E-state index in [9.17, 15) is 9.90 Å². The molecular weight excluding hydrogens is 318 g/mol. The summed E-state index contributed by atoms with van der Waals surface area (Å²) in [5.41, 5.74) is 2.51. The first-order valence-electron chi connectivity index (χ1n) is 8.33. The number of carbonyl (C=O) groups is 1. The first-order valence-corrected chi connectivity index (χ1v) is 8.33. The van der Waals surface area contributed by atoms with Gasteiger partial charge < -0.3 is 14.4 Å². The highest BCUT2D eigenvalue weighted by molar-refractivity contribution is 6.03. The molecule has 2 aromatic heterocycles. The minimum Gasteiger partial charge on any atom is -0.475 e. The molecule has 0 aliphatic carbocycles. The number of benzene rings is 1. The van der Waals surface area contributed by atoms with Crippen molar-refractivity contribution in [2.75, 3.05) is 31.1 Å². The van der Waals surface area contributed by atoms with Crippen LogP contribution in [-0.2, 0) is 6.54 Å². The van der Waals surface area contributed by atoms with E-state index in [1.807, 2.05) is 36.5 Å². The van der Waals surface area contributed by atoms with Crippen molar-refractivity contribution < 1.29 is 14.3 Å². The van der Waals surface area contributed by atoms with Crippen LogP contribution in [0.4, 0.5) is 5.69 Å². The summed E-state index contributed by atoms with van der Waals surface area (Å²) in [4.78, 5) is 20.2. The molecule has 4 rings (SSSR count). The van der Waals surface area contributed by atoms with Gasteiger partial charge in [-0.3, -0.25) is 9.88 Å². The number of furan rings is 1. The van der Waals surface area contributed by atoms with Crippen molar-refractivity contribution in [2.24, 2.45) is 0 Å². The minimum atomic E-state index is -1.02. The van der Waals surface area contributed by atoms with Gasteiger partial charge in [0, 0.05) is 50.5 Å². The van der Waals surface area contributed by atoms with E-state index in [0.717, 1.165) is 38.1 Å². The normalized spacial score (nSPS) is 15.6. The lowest BCUT2D eigenvalue weighted by atomic mass is 10.1. The lowest BCUT2D eigenvalue weighted by Crippen LogP contribution is -2.46. The second-order valence-electron chi connectivity index (χ2n) is 6.21. The van der Waals surface area contributed by atoms with E-state index in [-0.39, 0.29) is 5.76 Å². The van der Waals surface area contributed by atoms with Crippen LogP contribution in [0.2, 0.25) is 0 Å². The third-order valence-corrected chi connectivity index (χ3v) is 4.58. The fourth-order valence-electron chi connectivity index (χ4n) is 3.37. The largest absolute Gasteiger partial charge is 0.475 e. The van der Waals surface area contributed by atoms with Gasteiger partial charge in [-0.25, -0.2) is 4.79 Å². The van der Waals surface area contributed by atoms with Gasteiger partial charge in [0.25, 0.3) is 0 Å². The van der Waals surface area contributed by atoms with Crippen LogP contribution in [0, 0.1) is 0 Å². The van der Waals surface area contributed by atoms with Gasteiger partial charge in [0.05, 0.1) is 5.69 Å². The molecule has 6 heteroatoms. The van der Waals surface area contributed by atoms with E-state index in [1.165, 1.54) is 5.56 Å². The maximum atomic E-state index is 11.6. The van der Waals surface area contributed by atoms with E-state index in [2.05, 4.69) is 20.9 Å². The Hall–Kier alpha value is -2.86. The molecule has 0 amide bonds. The fourth-order valence-corrected chi connectivity index (χ4v) is 3.37. The molecule has 128 valence electrons.